The molecule has 0 bridgehead atoms. The molecule has 1 aliphatic rings. The highest BCUT2D eigenvalue weighted by atomic mass is 35.5. The predicted molar refractivity (Wildman–Crippen MR) is 158 cm³/mol. The van der Waals surface area contributed by atoms with Gasteiger partial charge in [-0.2, -0.15) is 9.97 Å². The average Bonchev–Trinajstić information content (AvgIpc) is 3.66. The Labute approximate surface area is 240 Å². The minimum atomic E-state index is 0.369. The molecule has 4 aromatic heterocycles. The van der Waals surface area contributed by atoms with Crippen LogP contribution in [-0.4, -0.2) is 33.0 Å². The van der Waals surface area contributed by atoms with Crippen molar-refractivity contribution in [3.8, 4) is 22.9 Å². The third kappa shape index (κ3) is 5.72. The Kier molecular flexibility index (Phi) is 7.27. The molecule has 0 aliphatic carbocycles. The summed E-state index contributed by atoms with van der Waals surface area (Å²) in [6.07, 6.45) is 3.73. The van der Waals surface area contributed by atoms with Gasteiger partial charge in [0.05, 0.1) is 13.1 Å². The number of oxazole rings is 2. The second-order valence-corrected chi connectivity index (χ2v) is 9.74. The molecule has 1 saturated heterocycles. The summed E-state index contributed by atoms with van der Waals surface area (Å²) in [5.74, 6) is 1.97. The van der Waals surface area contributed by atoms with Crippen molar-refractivity contribution in [3.05, 3.63) is 101 Å². The zero-order valence-electron chi connectivity index (χ0n) is 21.8. The topological polar surface area (TPSA) is 89.8 Å². The van der Waals surface area contributed by atoms with E-state index in [1.54, 1.807) is 48.5 Å². The Morgan fingerprint density at radius 2 is 1.12 bits per heavy atom. The quantitative estimate of drug-likeness (QED) is 0.158. The maximum atomic E-state index is 7.00. The molecule has 1 fully saturated rings. The number of hydrogen-bond donors (Lipinski definition) is 0. The molecule has 10 heteroatoms. The first-order chi connectivity index (χ1) is 20.1. The van der Waals surface area contributed by atoms with Gasteiger partial charge in [-0.3, -0.25) is 0 Å². The summed E-state index contributed by atoms with van der Waals surface area (Å²) in [6.45, 7) is 16.0. The van der Waals surface area contributed by atoms with Crippen LogP contribution in [0.1, 0.15) is 19.3 Å². The zero-order valence-corrected chi connectivity index (χ0v) is 22.5. The van der Waals surface area contributed by atoms with Crippen molar-refractivity contribution in [1.82, 2.24) is 19.9 Å². The Morgan fingerprint density at radius 3 is 1.66 bits per heavy atom. The maximum absolute atomic E-state index is 7.00. The number of hydrogen-bond acceptors (Lipinski definition) is 7. The van der Waals surface area contributed by atoms with Gasteiger partial charge >= 0.3 is 0 Å². The van der Waals surface area contributed by atoms with E-state index in [2.05, 4.69) is 34.5 Å². The van der Waals surface area contributed by atoms with Crippen LogP contribution in [-0.2, 0) is 0 Å². The smallest absolute Gasteiger partial charge is 0.249 e. The van der Waals surface area contributed by atoms with Gasteiger partial charge in [0.15, 0.2) is 11.4 Å². The molecule has 0 spiro atoms. The van der Waals surface area contributed by atoms with Crippen LogP contribution in [0.2, 0.25) is 5.15 Å². The molecule has 0 N–H and O–H groups in total. The molecule has 41 heavy (non-hydrogen) atoms. The lowest BCUT2D eigenvalue weighted by Crippen LogP contribution is -2.29. The maximum Gasteiger partial charge on any atom is 0.249 e. The number of anilines is 1. The van der Waals surface area contributed by atoms with Gasteiger partial charge in [0.25, 0.3) is 0 Å². The van der Waals surface area contributed by atoms with E-state index in [-0.39, 0.29) is 0 Å². The van der Waals surface area contributed by atoms with Crippen molar-refractivity contribution in [2.24, 2.45) is 0 Å². The molecular weight excluding hydrogens is 538 g/mol. The summed E-state index contributed by atoms with van der Waals surface area (Å²) in [6, 6.07) is 21.7. The van der Waals surface area contributed by atoms with E-state index in [0.717, 1.165) is 35.6 Å². The first-order valence-corrected chi connectivity index (χ1v) is 13.4. The minimum absolute atomic E-state index is 0.369. The van der Waals surface area contributed by atoms with Gasteiger partial charge in [0.2, 0.25) is 23.2 Å². The van der Waals surface area contributed by atoms with E-state index in [1.165, 1.54) is 19.3 Å². The van der Waals surface area contributed by atoms with Crippen molar-refractivity contribution in [2.45, 2.75) is 19.3 Å². The van der Waals surface area contributed by atoms with Gasteiger partial charge in [-0.05, 0) is 43.5 Å². The van der Waals surface area contributed by atoms with Crippen LogP contribution in [0.4, 0.5) is 17.2 Å². The highest BCUT2D eigenvalue weighted by Crippen LogP contribution is 2.28. The molecular formula is C31H22ClN7O2. The molecule has 0 unspecified atom stereocenters. The molecule has 5 heterocycles. The molecule has 0 atom stereocenters. The second-order valence-electron chi connectivity index (χ2n) is 9.36. The Balaban J connectivity index is 0.000000152. The number of pyridine rings is 2. The molecule has 0 radical (unpaired) electrons. The number of halogens is 1. The Bertz CT molecular complexity index is 1910. The van der Waals surface area contributed by atoms with E-state index in [0.29, 0.717) is 45.3 Å². The number of fused-ring (bicyclic) bond motifs is 2. The minimum Gasteiger partial charge on any atom is -0.418 e. The fourth-order valence-electron chi connectivity index (χ4n) is 4.51. The Hall–Kier alpha value is -5.25. The second kappa shape index (κ2) is 11.5. The van der Waals surface area contributed by atoms with E-state index >= 15 is 0 Å². The number of nitrogens with zero attached hydrogens (tertiary/aromatic N) is 7. The van der Waals surface area contributed by atoms with Crippen LogP contribution in [0.15, 0.2) is 81.6 Å². The average molecular weight is 560 g/mol. The predicted octanol–water partition coefficient (Wildman–Crippen LogP) is 8.52. The molecule has 0 amide bonds. The van der Waals surface area contributed by atoms with Gasteiger partial charge in [0, 0.05) is 24.2 Å². The van der Waals surface area contributed by atoms with Crippen molar-refractivity contribution in [3.63, 3.8) is 0 Å². The molecule has 0 saturated carbocycles. The van der Waals surface area contributed by atoms with Crippen molar-refractivity contribution < 1.29 is 8.83 Å². The summed E-state index contributed by atoms with van der Waals surface area (Å²) in [5, 5.41) is 0.369. The summed E-state index contributed by atoms with van der Waals surface area (Å²) >= 11 is 5.78. The fourth-order valence-corrected chi connectivity index (χ4v) is 4.64. The van der Waals surface area contributed by atoms with Crippen LogP contribution < -0.4 is 4.90 Å². The van der Waals surface area contributed by atoms with Gasteiger partial charge in [-0.1, -0.05) is 60.1 Å². The van der Waals surface area contributed by atoms with Crippen LogP contribution >= 0.6 is 11.6 Å². The van der Waals surface area contributed by atoms with Crippen molar-refractivity contribution in [2.75, 3.05) is 18.0 Å². The SMILES string of the molecule is [C-]#[N+]c1ccc(-c2nc3ccc(Cl)nc3o2)cc1.[C-]#[N+]c1ccc(-c2nc3ccc(N4CCCCC4)nc3o2)cc1. The highest BCUT2D eigenvalue weighted by Gasteiger charge is 2.15. The number of benzene rings is 2. The van der Waals surface area contributed by atoms with E-state index in [1.807, 2.05) is 24.3 Å². The molecule has 1 aliphatic heterocycles. The van der Waals surface area contributed by atoms with Crippen molar-refractivity contribution >= 4 is 51.3 Å². The summed E-state index contributed by atoms with van der Waals surface area (Å²) in [4.78, 5) is 26.5. The molecule has 2 aromatic carbocycles. The molecule has 200 valence electrons. The number of aromatic nitrogens is 4. The molecule has 6 aromatic rings. The third-order valence-corrected chi connectivity index (χ3v) is 6.84. The zero-order chi connectivity index (χ0) is 28.2. The largest absolute Gasteiger partial charge is 0.418 e. The lowest BCUT2D eigenvalue weighted by Gasteiger charge is -2.27. The van der Waals surface area contributed by atoms with E-state index in [4.69, 9.17) is 33.6 Å². The van der Waals surface area contributed by atoms with Crippen LogP contribution in [0.3, 0.4) is 0 Å². The van der Waals surface area contributed by atoms with E-state index < -0.39 is 0 Å². The van der Waals surface area contributed by atoms with Crippen LogP contribution in [0, 0.1) is 13.1 Å². The summed E-state index contributed by atoms with van der Waals surface area (Å²) < 4.78 is 11.4. The summed E-state index contributed by atoms with van der Waals surface area (Å²) in [7, 11) is 0. The van der Waals surface area contributed by atoms with Gasteiger partial charge < -0.3 is 13.7 Å². The first kappa shape index (κ1) is 26.0. The molecule has 7 rings (SSSR count). The normalized spacial score (nSPS) is 12.9. The molecule has 9 nitrogen and oxygen atoms in total. The lowest BCUT2D eigenvalue weighted by molar-refractivity contribution is 0.569. The fraction of sp³-hybridized carbons (Fsp3) is 0.161. The van der Waals surface area contributed by atoms with Gasteiger partial charge in [-0.15, -0.1) is 0 Å². The highest BCUT2D eigenvalue weighted by molar-refractivity contribution is 6.29. The lowest BCUT2D eigenvalue weighted by atomic mass is 10.1. The van der Waals surface area contributed by atoms with E-state index in [9.17, 15) is 0 Å². The third-order valence-electron chi connectivity index (χ3n) is 6.63. The van der Waals surface area contributed by atoms with Crippen LogP contribution in [0.25, 0.3) is 55.1 Å². The summed E-state index contributed by atoms with van der Waals surface area (Å²) in [5.41, 5.74) is 5.24. The van der Waals surface area contributed by atoms with Gasteiger partial charge in [0.1, 0.15) is 22.0 Å². The monoisotopic (exact) mass is 559 g/mol. The first-order valence-electron chi connectivity index (χ1n) is 13.0. The number of rotatable bonds is 3. The van der Waals surface area contributed by atoms with Crippen molar-refractivity contribution in [1.29, 1.82) is 0 Å². The standard InChI is InChI=1S/C18H16N4O.C13H6ClN3O/c1-19-14-7-5-13(6-8-14)17-20-15-9-10-16(21-18(15)23-17)22-11-3-2-4-12-22;1-15-9-4-2-8(3-5-9)12-16-10-6-7-11(14)17-13(10)18-12/h5-10H,2-4,11-12H2;2-7H. The van der Waals surface area contributed by atoms with Gasteiger partial charge in [-0.25, -0.2) is 19.7 Å². The Morgan fingerprint density at radius 1 is 0.610 bits per heavy atom. The van der Waals surface area contributed by atoms with Crippen LogP contribution in [0.5, 0.6) is 0 Å². The number of piperidine rings is 1.